The van der Waals surface area contributed by atoms with E-state index in [-0.39, 0.29) is 5.54 Å². The molecule has 0 N–H and O–H groups in total. The predicted molar refractivity (Wildman–Crippen MR) is 66.6 cm³/mol. The zero-order valence-corrected chi connectivity index (χ0v) is 10.3. The Kier molecular flexibility index (Phi) is 2.49. The molecule has 1 aromatic carbocycles. The van der Waals surface area contributed by atoms with Crippen LogP contribution in [0, 0.1) is 6.92 Å². The molecule has 0 atom stereocenters. The van der Waals surface area contributed by atoms with Crippen molar-refractivity contribution in [1.82, 2.24) is 0 Å². The quantitative estimate of drug-likeness (QED) is 0.623. The molecule has 0 bridgehead atoms. The van der Waals surface area contributed by atoms with Gasteiger partial charge in [0.1, 0.15) is 0 Å². The molecule has 0 unspecified atom stereocenters. The van der Waals surface area contributed by atoms with Gasteiger partial charge in [0.2, 0.25) is 0 Å². The molecule has 2 rings (SSSR count). The molecule has 0 saturated carbocycles. The van der Waals surface area contributed by atoms with Crippen LogP contribution >= 0.6 is 0 Å². The smallest absolute Gasteiger partial charge is 0.0405 e. The Balaban J connectivity index is 2.45. The molecule has 0 saturated heterocycles. The van der Waals surface area contributed by atoms with Crippen LogP contribution < -0.4 is 4.90 Å². The molecule has 0 radical (unpaired) electrons. The second-order valence-corrected chi connectivity index (χ2v) is 5.56. The molecular formula is C14H21N. The van der Waals surface area contributed by atoms with Crippen molar-refractivity contribution in [3.05, 3.63) is 29.3 Å². The maximum absolute atomic E-state index is 2.54. The highest BCUT2D eigenvalue weighted by Crippen LogP contribution is 2.32. The monoisotopic (exact) mass is 203 g/mol. The standard InChI is InChI=1S/C14H21N/c1-11-7-8-12-6-5-9-15(13(12)10-11)14(2,3)4/h7-8,10H,5-6,9H2,1-4H3. The van der Waals surface area contributed by atoms with Gasteiger partial charge in [-0.25, -0.2) is 0 Å². The summed E-state index contributed by atoms with van der Waals surface area (Å²) in [6.07, 6.45) is 2.52. The minimum Gasteiger partial charge on any atom is -0.366 e. The molecule has 0 aromatic heterocycles. The van der Waals surface area contributed by atoms with Crippen LogP contribution in [0.5, 0.6) is 0 Å². The van der Waals surface area contributed by atoms with Crippen molar-refractivity contribution in [1.29, 1.82) is 0 Å². The first-order valence-corrected chi connectivity index (χ1v) is 5.86. The topological polar surface area (TPSA) is 3.24 Å². The normalized spacial score (nSPS) is 16.4. The lowest BCUT2D eigenvalue weighted by molar-refractivity contribution is 0.483. The largest absolute Gasteiger partial charge is 0.366 e. The molecule has 1 aliphatic rings. The fraction of sp³-hybridized carbons (Fsp3) is 0.571. The van der Waals surface area contributed by atoms with E-state index in [0.717, 1.165) is 0 Å². The number of hydrogen-bond donors (Lipinski definition) is 0. The predicted octanol–water partition coefficient (Wildman–Crippen LogP) is 3.55. The van der Waals surface area contributed by atoms with Gasteiger partial charge >= 0.3 is 0 Å². The van der Waals surface area contributed by atoms with Gasteiger partial charge in [-0.3, -0.25) is 0 Å². The van der Waals surface area contributed by atoms with Crippen molar-refractivity contribution < 1.29 is 0 Å². The summed E-state index contributed by atoms with van der Waals surface area (Å²) in [6.45, 7) is 10.3. The van der Waals surface area contributed by atoms with E-state index < -0.39 is 0 Å². The van der Waals surface area contributed by atoms with Crippen molar-refractivity contribution >= 4 is 5.69 Å². The van der Waals surface area contributed by atoms with Gasteiger partial charge in [0.15, 0.2) is 0 Å². The Hall–Kier alpha value is -0.980. The Morgan fingerprint density at radius 2 is 1.93 bits per heavy atom. The molecule has 1 heterocycles. The summed E-state index contributed by atoms with van der Waals surface area (Å²) in [6, 6.07) is 6.85. The molecule has 0 spiro atoms. The lowest BCUT2D eigenvalue weighted by Gasteiger charge is -2.41. The third-order valence-corrected chi connectivity index (χ3v) is 3.17. The third kappa shape index (κ3) is 2.01. The number of benzene rings is 1. The first-order chi connectivity index (χ1) is 6.98. The second-order valence-electron chi connectivity index (χ2n) is 5.56. The van der Waals surface area contributed by atoms with E-state index in [4.69, 9.17) is 0 Å². The van der Waals surface area contributed by atoms with Gasteiger partial charge in [-0.2, -0.15) is 0 Å². The molecule has 0 fully saturated rings. The Morgan fingerprint density at radius 3 is 2.60 bits per heavy atom. The highest BCUT2D eigenvalue weighted by atomic mass is 15.2. The molecule has 1 nitrogen and oxygen atoms in total. The molecular weight excluding hydrogens is 182 g/mol. The van der Waals surface area contributed by atoms with Crippen LogP contribution in [0.25, 0.3) is 0 Å². The van der Waals surface area contributed by atoms with Crippen molar-refractivity contribution in [3.8, 4) is 0 Å². The molecule has 1 aromatic rings. The summed E-state index contributed by atoms with van der Waals surface area (Å²) < 4.78 is 0. The van der Waals surface area contributed by atoms with Crippen LogP contribution in [0.2, 0.25) is 0 Å². The van der Waals surface area contributed by atoms with E-state index in [0.29, 0.717) is 0 Å². The van der Waals surface area contributed by atoms with Gasteiger partial charge in [0, 0.05) is 17.8 Å². The number of anilines is 1. The average Bonchev–Trinajstić information content (AvgIpc) is 2.15. The van der Waals surface area contributed by atoms with Crippen molar-refractivity contribution in [3.63, 3.8) is 0 Å². The molecule has 0 aliphatic carbocycles. The van der Waals surface area contributed by atoms with Crippen LogP contribution in [0.1, 0.15) is 38.3 Å². The van der Waals surface area contributed by atoms with E-state index in [1.54, 1.807) is 0 Å². The minimum absolute atomic E-state index is 0.239. The van der Waals surface area contributed by atoms with Crippen LogP contribution in [-0.2, 0) is 6.42 Å². The van der Waals surface area contributed by atoms with Gasteiger partial charge < -0.3 is 4.90 Å². The first kappa shape index (κ1) is 10.5. The van der Waals surface area contributed by atoms with Gasteiger partial charge in [-0.15, -0.1) is 0 Å². The van der Waals surface area contributed by atoms with Crippen molar-refractivity contribution in [2.24, 2.45) is 0 Å². The van der Waals surface area contributed by atoms with Crippen LogP contribution in [0.4, 0.5) is 5.69 Å². The number of hydrogen-bond acceptors (Lipinski definition) is 1. The summed E-state index contributed by atoms with van der Waals surface area (Å²) in [7, 11) is 0. The summed E-state index contributed by atoms with van der Waals surface area (Å²) in [4.78, 5) is 2.54. The number of fused-ring (bicyclic) bond motifs is 1. The van der Waals surface area contributed by atoms with Gasteiger partial charge in [0.05, 0.1) is 0 Å². The van der Waals surface area contributed by atoms with E-state index in [9.17, 15) is 0 Å². The van der Waals surface area contributed by atoms with Crippen LogP contribution in [-0.4, -0.2) is 12.1 Å². The zero-order valence-electron chi connectivity index (χ0n) is 10.3. The van der Waals surface area contributed by atoms with Crippen LogP contribution in [0.3, 0.4) is 0 Å². The van der Waals surface area contributed by atoms with Gasteiger partial charge in [-0.05, 0) is 57.7 Å². The van der Waals surface area contributed by atoms with Crippen molar-refractivity contribution in [2.75, 3.05) is 11.4 Å². The average molecular weight is 203 g/mol. The summed E-state index contributed by atoms with van der Waals surface area (Å²) in [5.41, 5.74) is 4.57. The lowest BCUT2D eigenvalue weighted by atomic mass is 9.94. The maximum Gasteiger partial charge on any atom is 0.0405 e. The SMILES string of the molecule is Cc1ccc2c(c1)N(C(C)(C)C)CCC2. The molecule has 82 valence electrons. The van der Waals surface area contributed by atoms with E-state index in [2.05, 4.69) is 50.8 Å². The molecule has 15 heavy (non-hydrogen) atoms. The third-order valence-electron chi connectivity index (χ3n) is 3.17. The highest BCUT2D eigenvalue weighted by molar-refractivity contribution is 5.58. The number of aryl methyl sites for hydroxylation is 2. The Labute approximate surface area is 93.1 Å². The summed E-state index contributed by atoms with van der Waals surface area (Å²) >= 11 is 0. The minimum atomic E-state index is 0.239. The van der Waals surface area contributed by atoms with Crippen LogP contribution in [0.15, 0.2) is 18.2 Å². The molecule has 1 heteroatoms. The van der Waals surface area contributed by atoms with Gasteiger partial charge in [0.25, 0.3) is 0 Å². The zero-order chi connectivity index (χ0) is 11.1. The van der Waals surface area contributed by atoms with E-state index in [1.165, 1.54) is 36.2 Å². The van der Waals surface area contributed by atoms with E-state index >= 15 is 0 Å². The molecule has 1 aliphatic heterocycles. The first-order valence-electron chi connectivity index (χ1n) is 5.86. The number of nitrogens with zero attached hydrogens (tertiary/aromatic N) is 1. The summed E-state index contributed by atoms with van der Waals surface area (Å²) in [5.74, 6) is 0. The number of rotatable bonds is 0. The maximum atomic E-state index is 2.54. The Morgan fingerprint density at radius 1 is 1.20 bits per heavy atom. The highest BCUT2D eigenvalue weighted by Gasteiger charge is 2.26. The molecule has 0 amide bonds. The Bertz CT molecular complexity index is 360. The fourth-order valence-corrected chi connectivity index (χ4v) is 2.38. The summed E-state index contributed by atoms with van der Waals surface area (Å²) in [5, 5.41) is 0. The fourth-order valence-electron chi connectivity index (χ4n) is 2.38. The lowest BCUT2D eigenvalue weighted by Crippen LogP contribution is -2.44. The van der Waals surface area contributed by atoms with E-state index in [1.807, 2.05) is 0 Å². The van der Waals surface area contributed by atoms with Gasteiger partial charge in [-0.1, -0.05) is 12.1 Å². The second kappa shape index (κ2) is 3.55. The van der Waals surface area contributed by atoms with Crippen molar-refractivity contribution in [2.45, 2.75) is 46.1 Å².